The average molecular weight is 220 g/mol. The summed E-state index contributed by atoms with van der Waals surface area (Å²) in [6.07, 6.45) is -2.88. The van der Waals surface area contributed by atoms with Crippen LogP contribution in [-0.2, 0) is 4.74 Å². The van der Waals surface area contributed by atoms with Crippen LogP contribution in [0.3, 0.4) is 0 Å². The van der Waals surface area contributed by atoms with Gasteiger partial charge >= 0.3 is 6.36 Å². The van der Waals surface area contributed by atoms with Gasteiger partial charge in [0.25, 0.3) is 0 Å². The fraction of sp³-hybridized carbons (Fsp3) is 0.273. The van der Waals surface area contributed by atoms with Crippen LogP contribution in [0.4, 0.5) is 13.2 Å². The molecule has 0 saturated carbocycles. The first kappa shape index (κ1) is 16.0. The van der Waals surface area contributed by atoms with Gasteiger partial charge in [-0.3, -0.25) is 0 Å². The molecule has 0 aromatic carbocycles. The van der Waals surface area contributed by atoms with Crippen LogP contribution in [0, 0.1) is 0 Å². The molecule has 0 radical (unpaired) electrons. The zero-order valence-electron chi connectivity index (χ0n) is 8.95. The van der Waals surface area contributed by atoms with Gasteiger partial charge in [-0.15, -0.1) is 13.2 Å². The van der Waals surface area contributed by atoms with E-state index < -0.39 is 6.36 Å². The lowest BCUT2D eigenvalue weighted by atomic mass is 10.2. The van der Waals surface area contributed by atoms with Gasteiger partial charge in [-0.05, 0) is 19.4 Å². The summed E-state index contributed by atoms with van der Waals surface area (Å²) in [7, 11) is 0. The molecule has 0 rings (SSSR count). The highest BCUT2D eigenvalue weighted by Crippen LogP contribution is 2.18. The average Bonchev–Trinajstić information content (AvgIpc) is 1.99. The SMILES string of the molecule is C=C(C)OC(F)(F)F.C=CC(=C)C(=C)C. The second-order valence-corrected chi connectivity index (χ2v) is 2.76. The van der Waals surface area contributed by atoms with Gasteiger partial charge in [0.05, 0.1) is 5.76 Å². The van der Waals surface area contributed by atoms with Crippen LogP contribution in [0.25, 0.3) is 0 Å². The molecule has 0 aromatic rings. The first-order valence-corrected chi connectivity index (χ1v) is 3.98. The molecular formula is C11H15F3O. The van der Waals surface area contributed by atoms with Gasteiger partial charge in [0, 0.05) is 0 Å². The second-order valence-electron chi connectivity index (χ2n) is 2.76. The largest absolute Gasteiger partial charge is 0.572 e. The van der Waals surface area contributed by atoms with Crippen LogP contribution in [0.15, 0.2) is 49.3 Å². The summed E-state index contributed by atoms with van der Waals surface area (Å²) in [4.78, 5) is 0. The molecule has 4 heteroatoms. The minimum atomic E-state index is -4.58. The summed E-state index contributed by atoms with van der Waals surface area (Å²) in [5, 5.41) is 0. The first-order valence-electron chi connectivity index (χ1n) is 3.98. The smallest absolute Gasteiger partial charge is 0.411 e. The molecule has 1 nitrogen and oxygen atoms in total. The number of ether oxygens (including phenoxy) is 1. The fourth-order valence-corrected chi connectivity index (χ4v) is 0.372. The zero-order chi connectivity index (χ0) is 12.6. The molecule has 0 aliphatic rings. The van der Waals surface area contributed by atoms with Crippen molar-refractivity contribution in [3.05, 3.63) is 49.3 Å². The highest BCUT2D eigenvalue weighted by molar-refractivity contribution is 5.31. The zero-order valence-corrected chi connectivity index (χ0v) is 8.95. The molecule has 0 aromatic heterocycles. The summed E-state index contributed by atoms with van der Waals surface area (Å²) in [6.45, 7) is 16.8. The van der Waals surface area contributed by atoms with Crippen molar-refractivity contribution in [2.45, 2.75) is 20.2 Å². The third-order valence-electron chi connectivity index (χ3n) is 1.08. The van der Waals surface area contributed by atoms with E-state index in [1.165, 1.54) is 0 Å². The van der Waals surface area contributed by atoms with Crippen LogP contribution in [0.2, 0.25) is 0 Å². The third kappa shape index (κ3) is 15.3. The van der Waals surface area contributed by atoms with Crippen molar-refractivity contribution in [1.82, 2.24) is 0 Å². The Labute approximate surface area is 88.2 Å². The monoisotopic (exact) mass is 220 g/mol. The van der Waals surface area contributed by atoms with Gasteiger partial charge < -0.3 is 4.74 Å². The van der Waals surface area contributed by atoms with Crippen LogP contribution >= 0.6 is 0 Å². The molecule has 15 heavy (non-hydrogen) atoms. The number of halogens is 3. The molecule has 0 spiro atoms. The standard InChI is InChI=1S/C7H10.C4H5F3O/c1-5-7(4)6(2)3;1-3(2)8-4(5,6)7/h5H,1-2,4H2,3H3;1H2,2H3. The quantitative estimate of drug-likeness (QED) is 0.507. The van der Waals surface area contributed by atoms with Gasteiger partial charge in [0.1, 0.15) is 0 Å². The predicted molar refractivity (Wildman–Crippen MR) is 56.1 cm³/mol. The summed E-state index contributed by atoms with van der Waals surface area (Å²) < 4.78 is 36.3. The summed E-state index contributed by atoms with van der Waals surface area (Å²) >= 11 is 0. The molecule has 0 fully saturated rings. The molecule has 0 bridgehead atoms. The Morgan fingerprint density at radius 1 is 1.13 bits per heavy atom. The molecular weight excluding hydrogens is 205 g/mol. The van der Waals surface area contributed by atoms with Gasteiger partial charge in [-0.1, -0.05) is 38.0 Å². The number of allylic oxidation sites excluding steroid dienone is 4. The van der Waals surface area contributed by atoms with E-state index in [1.54, 1.807) is 6.08 Å². The molecule has 0 unspecified atom stereocenters. The normalized spacial score (nSPS) is 9.40. The molecule has 0 saturated heterocycles. The van der Waals surface area contributed by atoms with Gasteiger partial charge in [0.15, 0.2) is 0 Å². The van der Waals surface area contributed by atoms with Crippen molar-refractivity contribution in [3.8, 4) is 0 Å². The Kier molecular flexibility index (Phi) is 7.38. The van der Waals surface area contributed by atoms with E-state index in [2.05, 4.69) is 31.1 Å². The van der Waals surface area contributed by atoms with Crippen LogP contribution < -0.4 is 0 Å². The highest BCUT2D eigenvalue weighted by atomic mass is 19.4. The van der Waals surface area contributed by atoms with Crippen molar-refractivity contribution >= 4 is 0 Å². The summed E-state index contributed by atoms with van der Waals surface area (Å²) in [5.74, 6) is -0.350. The molecule has 0 aliphatic carbocycles. The number of hydrogen-bond donors (Lipinski definition) is 0. The van der Waals surface area contributed by atoms with E-state index >= 15 is 0 Å². The Morgan fingerprint density at radius 3 is 1.53 bits per heavy atom. The topological polar surface area (TPSA) is 9.23 Å². The lowest BCUT2D eigenvalue weighted by Gasteiger charge is -2.05. The Morgan fingerprint density at radius 2 is 1.53 bits per heavy atom. The van der Waals surface area contributed by atoms with Crippen molar-refractivity contribution in [2.75, 3.05) is 0 Å². The highest BCUT2D eigenvalue weighted by Gasteiger charge is 2.30. The summed E-state index contributed by atoms with van der Waals surface area (Å²) in [5.41, 5.74) is 1.90. The van der Waals surface area contributed by atoms with Crippen LogP contribution in [-0.4, -0.2) is 6.36 Å². The van der Waals surface area contributed by atoms with E-state index in [4.69, 9.17) is 0 Å². The van der Waals surface area contributed by atoms with E-state index in [-0.39, 0.29) is 5.76 Å². The Balaban J connectivity index is 0. The van der Waals surface area contributed by atoms with Gasteiger partial charge in [-0.2, -0.15) is 0 Å². The minimum absolute atomic E-state index is 0.350. The lowest BCUT2D eigenvalue weighted by Crippen LogP contribution is -2.10. The fourth-order valence-electron chi connectivity index (χ4n) is 0.372. The molecule has 86 valence electrons. The maximum Gasteiger partial charge on any atom is 0.572 e. The number of hydrogen-bond acceptors (Lipinski definition) is 1. The second kappa shape index (κ2) is 6.92. The van der Waals surface area contributed by atoms with Gasteiger partial charge in [-0.25, -0.2) is 0 Å². The molecule has 0 atom stereocenters. The van der Waals surface area contributed by atoms with Crippen molar-refractivity contribution in [1.29, 1.82) is 0 Å². The van der Waals surface area contributed by atoms with Crippen molar-refractivity contribution in [3.63, 3.8) is 0 Å². The predicted octanol–water partition coefficient (Wildman–Crippen LogP) is 4.36. The van der Waals surface area contributed by atoms with E-state index in [0.29, 0.717) is 0 Å². The molecule has 0 aliphatic heterocycles. The van der Waals surface area contributed by atoms with Crippen molar-refractivity contribution in [2.24, 2.45) is 0 Å². The maximum atomic E-state index is 11.0. The summed E-state index contributed by atoms with van der Waals surface area (Å²) in [6, 6.07) is 0. The van der Waals surface area contributed by atoms with Crippen LogP contribution in [0.1, 0.15) is 13.8 Å². The van der Waals surface area contributed by atoms with Crippen LogP contribution in [0.5, 0.6) is 0 Å². The van der Waals surface area contributed by atoms with E-state index in [9.17, 15) is 13.2 Å². The first-order chi connectivity index (χ1) is 6.60. The molecule has 0 heterocycles. The number of alkyl halides is 3. The Hall–Kier alpha value is -1.45. The van der Waals surface area contributed by atoms with Gasteiger partial charge in [0.2, 0.25) is 0 Å². The van der Waals surface area contributed by atoms with E-state index in [1.807, 2.05) is 6.92 Å². The maximum absolute atomic E-state index is 11.0. The lowest BCUT2D eigenvalue weighted by molar-refractivity contribution is -0.304. The Bertz CT molecular complexity index is 261. The molecule has 0 N–H and O–H groups in total. The number of rotatable bonds is 3. The third-order valence-corrected chi connectivity index (χ3v) is 1.08. The molecule has 0 amide bonds. The minimum Gasteiger partial charge on any atom is -0.411 e. The van der Waals surface area contributed by atoms with Crippen molar-refractivity contribution < 1.29 is 17.9 Å². The van der Waals surface area contributed by atoms with E-state index in [0.717, 1.165) is 18.1 Å².